The van der Waals surface area contributed by atoms with Gasteiger partial charge in [-0.2, -0.15) is 0 Å². The summed E-state index contributed by atoms with van der Waals surface area (Å²) < 4.78 is 0. The second-order valence-corrected chi connectivity index (χ2v) is 5.40. The summed E-state index contributed by atoms with van der Waals surface area (Å²) in [6, 6.07) is 8.60. The number of nitrogens with one attached hydrogen (secondary N) is 1. The van der Waals surface area contributed by atoms with Crippen LogP contribution in [0.4, 0.5) is 11.4 Å². The van der Waals surface area contributed by atoms with E-state index in [9.17, 15) is 0 Å². The Kier molecular flexibility index (Phi) is 4.80. The van der Waals surface area contributed by atoms with Crippen LogP contribution in [0.15, 0.2) is 29.6 Å². The van der Waals surface area contributed by atoms with Crippen LogP contribution in [0.5, 0.6) is 0 Å². The van der Waals surface area contributed by atoms with Crippen molar-refractivity contribution in [3.05, 3.63) is 40.3 Å². The molecule has 0 radical (unpaired) electrons. The lowest BCUT2D eigenvalue weighted by Gasteiger charge is -2.21. The van der Waals surface area contributed by atoms with Gasteiger partial charge in [-0.05, 0) is 45.0 Å². The van der Waals surface area contributed by atoms with Gasteiger partial charge in [0.1, 0.15) is 5.01 Å². The van der Waals surface area contributed by atoms with E-state index in [2.05, 4.69) is 58.7 Å². The van der Waals surface area contributed by atoms with Crippen molar-refractivity contribution in [1.82, 2.24) is 4.98 Å². The van der Waals surface area contributed by atoms with Gasteiger partial charge in [0.15, 0.2) is 0 Å². The van der Waals surface area contributed by atoms with E-state index in [0.29, 0.717) is 0 Å². The summed E-state index contributed by atoms with van der Waals surface area (Å²) in [4.78, 5) is 6.79. The topological polar surface area (TPSA) is 28.2 Å². The number of hydrogen-bond donors (Lipinski definition) is 1. The first kappa shape index (κ1) is 13.9. The molecule has 0 saturated carbocycles. The Labute approximate surface area is 119 Å². The van der Waals surface area contributed by atoms with E-state index in [0.717, 1.165) is 36.0 Å². The number of rotatable bonds is 6. The summed E-state index contributed by atoms with van der Waals surface area (Å²) in [6.07, 6.45) is 0. The summed E-state index contributed by atoms with van der Waals surface area (Å²) in [6.45, 7) is 9.27. The standard InChI is InChI=1S/C15H21N3S/c1-4-18(5-2)14-8-6-13(7-9-14)16-10-15-17-12(3)11-19-15/h6-9,11,16H,4-5,10H2,1-3H3. The quantitative estimate of drug-likeness (QED) is 0.866. The first-order valence-corrected chi connectivity index (χ1v) is 7.60. The smallest absolute Gasteiger partial charge is 0.112 e. The molecule has 0 bridgehead atoms. The molecule has 3 nitrogen and oxygen atoms in total. The van der Waals surface area contributed by atoms with Crippen molar-refractivity contribution in [2.45, 2.75) is 27.3 Å². The van der Waals surface area contributed by atoms with Crippen molar-refractivity contribution in [3.8, 4) is 0 Å². The molecule has 1 aromatic heterocycles. The maximum atomic E-state index is 4.45. The monoisotopic (exact) mass is 275 g/mol. The maximum Gasteiger partial charge on any atom is 0.112 e. The molecular formula is C15H21N3S. The largest absolute Gasteiger partial charge is 0.379 e. The van der Waals surface area contributed by atoms with E-state index in [-0.39, 0.29) is 0 Å². The van der Waals surface area contributed by atoms with E-state index in [1.54, 1.807) is 11.3 Å². The van der Waals surface area contributed by atoms with Crippen LogP contribution < -0.4 is 10.2 Å². The Morgan fingerprint density at radius 2 is 1.84 bits per heavy atom. The number of hydrogen-bond acceptors (Lipinski definition) is 4. The number of aromatic nitrogens is 1. The molecule has 0 aliphatic carbocycles. The van der Waals surface area contributed by atoms with Gasteiger partial charge >= 0.3 is 0 Å². The van der Waals surface area contributed by atoms with Crippen LogP contribution in [-0.2, 0) is 6.54 Å². The SMILES string of the molecule is CCN(CC)c1ccc(NCc2nc(C)cs2)cc1. The van der Waals surface area contributed by atoms with E-state index in [1.165, 1.54) is 5.69 Å². The van der Waals surface area contributed by atoms with E-state index in [1.807, 2.05) is 6.92 Å². The molecule has 1 heterocycles. The highest BCUT2D eigenvalue weighted by molar-refractivity contribution is 7.09. The van der Waals surface area contributed by atoms with Crippen molar-refractivity contribution < 1.29 is 0 Å². The lowest BCUT2D eigenvalue weighted by Crippen LogP contribution is -2.21. The molecule has 4 heteroatoms. The summed E-state index contributed by atoms with van der Waals surface area (Å²) in [5.74, 6) is 0. The molecule has 0 unspecified atom stereocenters. The molecule has 0 fully saturated rings. The number of nitrogens with zero attached hydrogens (tertiary/aromatic N) is 2. The molecule has 1 N–H and O–H groups in total. The minimum Gasteiger partial charge on any atom is -0.379 e. The predicted octanol–water partition coefficient (Wildman–Crippen LogP) is 3.91. The zero-order valence-corrected chi connectivity index (χ0v) is 12.6. The molecule has 2 aromatic rings. The van der Waals surface area contributed by atoms with Gasteiger partial charge in [-0.15, -0.1) is 11.3 Å². The van der Waals surface area contributed by atoms with Crippen molar-refractivity contribution in [2.24, 2.45) is 0 Å². The molecule has 1 aromatic carbocycles. The second kappa shape index (κ2) is 6.57. The van der Waals surface area contributed by atoms with Crippen LogP contribution in [0.25, 0.3) is 0 Å². The van der Waals surface area contributed by atoms with Crippen molar-refractivity contribution >= 4 is 22.7 Å². The molecule has 0 aliphatic heterocycles. The fourth-order valence-corrected chi connectivity index (χ4v) is 2.75. The van der Waals surface area contributed by atoms with E-state index in [4.69, 9.17) is 0 Å². The van der Waals surface area contributed by atoms with Crippen LogP contribution >= 0.6 is 11.3 Å². The maximum absolute atomic E-state index is 4.45. The van der Waals surface area contributed by atoms with Gasteiger partial charge in [0, 0.05) is 35.5 Å². The van der Waals surface area contributed by atoms with Crippen LogP contribution in [0.2, 0.25) is 0 Å². The zero-order valence-electron chi connectivity index (χ0n) is 11.8. The molecule has 0 saturated heterocycles. The van der Waals surface area contributed by atoms with Gasteiger partial charge in [-0.1, -0.05) is 0 Å². The summed E-state index contributed by atoms with van der Waals surface area (Å²) in [5.41, 5.74) is 3.52. The summed E-state index contributed by atoms with van der Waals surface area (Å²) >= 11 is 1.70. The Morgan fingerprint density at radius 3 is 2.37 bits per heavy atom. The first-order chi connectivity index (χ1) is 9.22. The Balaban J connectivity index is 1.95. The highest BCUT2D eigenvalue weighted by atomic mass is 32.1. The first-order valence-electron chi connectivity index (χ1n) is 6.72. The average molecular weight is 275 g/mol. The average Bonchev–Trinajstić information content (AvgIpc) is 2.85. The summed E-state index contributed by atoms with van der Waals surface area (Å²) in [5, 5.41) is 6.62. The number of thiazole rings is 1. The molecule has 0 amide bonds. The molecule has 102 valence electrons. The van der Waals surface area contributed by atoms with Crippen molar-refractivity contribution in [3.63, 3.8) is 0 Å². The van der Waals surface area contributed by atoms with Crippen molar-refractivity contribution in [1.29, 1.82) is 0 Å². The highest BCUT2D eigenvalue weighted by Crippen LogP contribution is 2.18. The Morgan fingerprint density at radius 1 is 1.16 bits per heavy atom. The number of benzene rings is 1. The van der Waals surface area contributed by atoms with E-state index >= 15 is 0 Å². The fourth-order valence-electron chi connectivity index (χ4n) is 2.04. The third-order valence-electron chi connectivity index (χ3n) is 3.11. The van der Waals surface area contributed by atoms with Gasteiger partial charge in [0.05, 0.1) is 6.54 Å². The van der Waals surface area contributed by atoms with Gasteiger partial charge in [-0.25, -0.2) is 4.98 Å². The van der Waals surface area contributed by atoms with Gasteiger partial charge in [0.25, 0.3) is 0 Å². The minimum atomic E-state index is 0.795. The minimum absolute atomic E-state index is 0.795. The van der Waals surface area contributed by atoms with Crippen molar-refractivity contribution in [2.75, 3.05) is 23.3 Å². The van der Waals surface area contributed by atoms with Crippen LogP contribution in [0.1, 0.15) is 24.5 Å². The van der Waals surface area contributed by atoms with Gasteiger partial charge in [-0.3, -0.25) is 0 Å². The molecule has 2 rings (SSSR count). The van der Waals surface area contributed by atoms with Crippen LogP contribution in [-0.4, -0.2) is 18.1 Å². The zero-order chi connectivity index (χ0) is 13.7. The molecule has 0 atom stereocenters. The lowest BCUT2D eigenvalue weighted by atomic mass is 10.2. The summed E-state index contributed by atoms with van der Waals surface area (Å²) in [7, 11) is 0. The Hall–Kier alpha value is -1.55. The fraction of sp³-hybridized carbons (Fsp3) is 0.400. The Bertz CT molecular complexity index is 500. The van der Waals surface area contributed by atoms with Gasteiger partial charge < -0.3 is 10.2 Å². The van der Waals surface area contributed by atoms with Gasteiger partial charge in [0.2, 0.25) is 0 Å². The lowest BCUT2D eigenvalue weighted by molar-refractivity contribution is 0.866. The number of anilines is 2. The third-order valence-corrected chi connectivity index (χ3v) is 4.07. The molecule has 0 spiro atoms. The molecular weight excluding hydrogens is 254 g/mol. The number of aryl methyl sites for hydroxylation is 1. The van der Waals surface area contributed by atoms with Crippen LogP contribution in [0.3, 0.4) is 0 Å². The van der Waals surface area contributed by atoms with Crippen LogP contribution in [0, 0.1) is 6.92 Å². The normalized spacial score (nSPS) is 10.5. The predicted molar refractivity (Wildman–Crippen MR) is 84.2 cm³/mol. The highest BCUT2D eigenvalue weighted by Gasteiger charge is 2.02. The van der Waals surface area contributed by atoms with E-state index < -0.39 is 0 Å². The second-order valence-electron chi connectivity index (χ2n) is 4.46. The molecule has 0 aliphatic rings. The third kappa shape index (κ3) is 3.70. The molecule has 19 heavy (non-hydrogen) atoms.